The molecule has 0 aromatic heterocycles. The molecule has 1 aliphatic rings. The van der Waals surface area contributed by atoms with Gasteiger partial charge in [0.15, 0.2) is 5.11 Å². The van der Waals surface area contributed by atoms with Crippen LogP contribution in [0.5, 0.6) is 11.5 Å². The van der Waals surface area contributed by atoms with Gasteiger partial charge >= 0.3 is 0 Å². The Morgan fingerprint density at radius 1 is 1.14 bits per heavy atom. The molecule has 5 heteroatoms. The van der Waals surface area contributed by atoms with Crippen molar-refractivity contribution in [1.29, 1.82) is 0 Å². The number of hydrogen-bond donors (Lipinski definition) is 2. The summed E-state index contributed by atoms with van der Waals surface area (Å²) in [6.07, 6.45) is 8.53. The highest BCUT2D eigenvalue weighted by molar-refractivity contribution is 7.80. The first-order valence-corrected chi connectivity index (χ1v) is 8.08. The summed E-state index contributed by atoms with van der Waals surface area (Å²) in [5, 5.41) is 7.04. The third-order valence-corrected chi connectivity index (χ3v) is 3.97. The lowest BCUT2D eigenvalue weighted by molar-refractivity contribution is 0.395. The number of thiocarbonyl (C=S) groups is 1. The largest absolute Gasteiger partial charge is 0.497 e. The number of nitrogens with one attached hydrogen (secondary N) is 2. The summed E-state index contributed by atoms with van der Waals surface area (Å²) in [6, 6.07) is 5.61. The summed E-state index contributed by atoms with van der Waals surface area (Å²) in [7, 11) is 3.26. The second-order valence-electron chi connectivity index (χ2n) is 5.34. The van der Waals surface area contributed by atoms with Crippen molar-refractivity contribution in [3.63, 3.8) is 0 Å². The van der Waals surface area contributed by atoms with Crippen LogP contribution in [0, 0.1) is 0 Å². The molecule has 0 fully saturated rings. The smallest absolute Gasteiger partial charge is 0.170 e. The highest BCUT2D eigenvalue weighted by atomic mass is 32.1. The van der Waals surface area contributed by atoms with E-state index in [-0.39, 0.29) is 0 Å². The molecule has 0 aliphatic heterocycles. The minimum atomic E-state index is 0.617. The molecule has 0 heterocycles. The molecule has 0 bridgehead atoms. The summed E-state index contributed by atoms with van der Waals surface area (Å²) in [4.78, 5) is 0. The number of hydrogen-bond acceptors (Lipinski definition) is 3. The van der Waals surface area contributed by atoms with Crippen LogP contribution in [0.15, 0.2) is 29.8 Å². The monoisotopic (exact) mass is 320 g/mol. The number of ether oxygens (including phenoxy) is 2. The lowest BCUT2D eigenvalue weighted by atomic mass is 9.97. The van der Waals surface area contributed by atoms with Crippen LogP contribution in [0.2, 0.25) is 0 Å². The van der Waals surface area contributed by atoms with Gasteiger partial charge in [-0.1, -0.05) is 11.6 Å². The van der Waals surface area contributed by atoms with Crippen LogP contribution in [0.3, 0.4) is 0 Å². The van der Waals surface area contributed by atoms with Crippen molar-refractivity contribution >= 4 is 23.0 Å². The SMILES string of the molecule is COc1cc(NC(=S)NCCC2=CCCCC2)cc(OC)c1. The molecule has 0 amide bonds. The van der Waals surface area contributed by atoms with Crippen LogP contribution >= 0.6 is 12.2 Å². The number of rotatable bonds is 6. The van der Waals surface area contributed by atoms with Crippen molar-refractivity contribution in [3.8, 4) is 11.5 Å². The first-order valence-electron chi connectivity index (χ1n) is 7.67. The number of allylic oxidation sites excluding steroid dienone is 1. The third-order valence-electron chi connectivity index (χ3n) is 3.73. The van der Waals surface area contributed by atoms with E-state index in [2.05, 4.69) is 16.7 Å². The van der Waals surface area contributed by atoms with E-state index in [1.54, 1.807) is 19.8 Å². The zero-order valence-electron chi connectivity index (χ0n) is 13.3. The molecular formula is C17H24N2O2S. The average Bonchev–Trinajstić information content (AvgIpc) is 2.55. The molecule has 0 atom stereocenters. The quantitative estimate of drug-likeness (QED) is 0.615. The first-order chi connectivity index (χ1) is 10.7. The Bertz CT molecular complexity index is 521. The molecule has 0 radical (unpaired) electrons. The van der Waals surface area contributed by atoms with Gasteiger partial charge in [-0.25, -0.2) is 0 Å². The maximum absolute atomic E-state index is 5.34. The van der Waals surface area contributed by atoms with Crippen molar-refractivity contribution in [2.45, 2.75) is 32.1 Å². The fraction of sp³-hybridized carbons (Fsp3) is 0.471. The van der Waals surface area contributed by atoms with E-state index in [0.29, 0.717) is 5.11 Å². The zero-order chi connectivity index (χ0) is 15.8. The lowest BCUT2D eigenvalue weighted by Gasteiger charge is -2.15. The maximum Gasteiger partial charge on any atom is 0.170 e. The van der Waals surface area contributed by atoms with Gasteiger partial charge < -0.3 is 20.1 Å². The van der Waals surface area contributed by atoms with Gasteiger partial charge in [0.25, 0.3) is 0 Å². The molecule has 0 spiro atoms. The molecule has 1 aromatic rings. The first kappa shape index (κ1) is 16.6. The molecule has 0 saturated carbocycles. The van der Waals surface area contributed by atoms with Gasteiger partial charge in [0.05, 0.1) is 14.2 Å². The molecule has 4 nitrogen and oxygen atoms in total. The third kappa shape index (κ3) is 5.22. The molecule has 22 heavy (non-hydrogen) atoms. The van der Waals surface area contributed by atoms with Gasteiger partial charge in [-0.2, -0.15) is 0 Å². The van der Waals surface area contributed by atoms with Gasteiger partial charge in [0, 0.05) is 30.4 Å². The molecule has 0 unspecified atom stereocenters. The second kappa shape index (κ2) is 8.63. The summed E-state index contributed by atoms with van der Waals surface area (Å²) < 4.78 is 10.5. The van der Waals surface area contributed by atoms with Gasteiger partial charge in [-0.05, 0) is 44.3 Å². The fourth-order valence-electron chi connectivity index (χ4n) is 2.52. The molecule has 1 aliphatic carbocycles. The van der Waals surface area contributed by atoms with Crippen LogP contribution in [0.1, 0.15) is 32.1 Å². The van der Waals surface area contributed by atoms with Gasteiger partial charge in [-0.15, -0.1) is 0 Å². The topological polar surface area (TPSA) is 42.5 Å². The van der Waals surface area contributed by atoms with Crippen molar-refractivity contribution in [2.75, 3.05) is 26.1 Å². The summed E-state index contributed by atoms with van der Waals surface area (Å²) >= 11 is 5.34. The minimum Gasteiger partial charge on any atom is -0.497 e. The maximum atomic E-state index is 5.34. The van der Waals surface area contributed by atoms with E-state index < -0.39 is 0 Å². The Labute approximate surface area is 137 Å². The van der Waals surface area contributed by atoms with E-state index in [4.69, 9.17) is 21.7 Å². The van der Waals surface area contributed by atoms with Crippen molar-refractivity contribution in [1.82, 2.24) is 5.32 Å². The molecule has 1 aromatic carbocycles. The van der Waals surface area contributed by atoms with Crippen molar-refractivity contribution in [3.05, 3.63) is 29.8 Å². The number of methoxy groups -OCH3 is 2. The van der Waals surface area contributed by atoms with E-state index in [1.165, 1.54) is 25.7 Å². The zero-order valence-corrected chi connectivity index (χ0v) is 14.1. The van der Waals surface area contributed by atoms with Gasteiger partial charge in [0.1, 0.15) is 11.5 Å². The Morgan fingerprint density at radius 2 is 1.86 bits per heavy atom. The van der Waals surface area contributed by atoms with E-state index in [9.17, 15) is 0 Å². The molecule has 0 saturated heterocycles. The van der Waals surface area contributed by atoms with Crippen LogP contribution in [0.4, 0.5) is 5.69 Å². The minimum absolute atomic E-state index is 0.617. The highest BCUT2D eigenvalue weighted by Gasteiger charge is 2.05. The van der Waals surface area contributed by atoms with Crippen LogP contribution in [-0.4, -0.2) is 25.9 Å². The van der Waals surface area contributed by atoms with E-state index in [1.807, 2.05) is 18.2 Å². The Balaban J connectivity index is 1.82. The van der Waals surface area contributed by atoms with Gasteiger partial charge in [0.2, 0.25) is 0 Å². The van der Waals surface area contributed by atoms with E-state index in [0.717, 1.165) is 30.2 Å². The van der Waals surface area contributed by atoms with Gasteiger partial charge in [-0.3, -0.25) is 0 Å². The summed E-state index contributed by atoms with van der Waals surface area (Å²) in [5.41, 5.74) is 2.40. The Morgan fingerprint density at radius 3 is 2.45 bits per heavy atom. The van der Waals surface area contributed by atoms with Crippen LogP contribution < -0.4 is 20.1 Å². The molecule has 2 N–H and O–H groups in total. The fourth-order valence-corrected chi connectivity index (χ4v) is 2.74. The van der Waals surface area contributed by atoms with E-state index >= 15 is 0 Å². The van der Waals surface area contributed by atoms with Crippen LogP contribution in [0.25, 0.3) is 0 Å². The Kier molecular flexibility index (Phi) is 6.52. The number of benzene rings is 1. The molecule has 2 rings (SSSR count). The molecule has 120 valence electrons. The van der Waals surface area contributed by atoms with Crippen molar-refractivity contribution in [2.24, 2.45) is 0 Å². The predicted octanol–water partition coefficient (Wildman–Crippen LogP) is 3.88. The van der Waals surface area contributed by atoms with Crippen molar-refractivity contribution < 1.29 is 9.47 Å². The van der Waals surface area contributed by atoms with Crippen LogP contribution in [-0.2, 0) is 0 Å². The Hall–Kier alpha value is -1.75. The normalized spacial score (nSPS) is 14.0. The number of anilines is 1. The average molecular weight is 320 g/mol. The predicted molar refractivity (Wildman–Crippen MR) is 94.9 cm³/mol. The highest BCUT2D eigenvalue weighted by Crippen LogP contribution is 2.25. The molecular weight excluding hydrogens is 296 g/mol. The standard InChI is InChI=1S/C17H24N2O2S/c1-20-15-10-14(11-16(12-15)21-2)19-17(22)18-9-8-13-6-4-3-5-7-13/h6,10-12H,3-5,7-9H2,1-2H3,(H2,18,19,22). The summed E-state index contributed by atoms with van der Waals surface area (Å²) in [6.45, 7) is 0.860. The summed E-state index contributed by atoms with van der Waals surface area (Å²) in [5.74, 6) is 1.47. The lowest BCUT2D eigenvalue weighted by Crippen LogP contribution is -2.29. The second-order valence-corrected chi connectivity index (χ2v) is 5.75.